The van der Waals surface area contributed by atoms with Crippen LogP contribution in [-0.4, -0.2) is 84.9 Å². The summed E-state index contributed by atoms with van der Waals surface area (Å²) in [5, 5.41) is 0. The Morgan fingerprint density at radius 3 is 0.970 bits per heavy atom. The molecule has 2 aromatic carbocycles. The standard InChI is InChI=1S/C18H27N.C16H23N.C14H27N.C10H18O.C10H18S.C9H17N.C8H14O.C8H14S/c1-12-10-9-11-13(2)16(12)19-17(5,6)14(3)15(4)18(19,7)8;1-12-13(2)16(5,6)17(15(12,3)4)14-10-8-7-9-11-14;1-10-11(2)14(8,9)15(12(3,4)5)13(10,6)7;2*1-7-8(2)11-10(5,6)9(7,3)4;1-7-8(2)10(5)6-9(7,3)4;2*1-6-7(2)9-5-8(6,3)4/h9-11H,1-8H3;7-11H,1-6H3;1-9H3;2*1-6H3;6H2,1-5H3;2*5H2,1-4H3. The lowest BCUT2D eigenvalue weighted by Gasteiger charge is -2.51. The first-order valence-electron chi connectivity index (χ1n) is 38.3. The molecule has 0 fully saturated rings. The summed E-state index contributed by atoms with van der Waals surface area (Å²) in [4.78, 5) is 13.1. The van der Waals surface area contributed by atoms with Gasteiger partial charge in [-0.2, -0.15) is 0 Å². The molecular formula is C93H158N4O2S2. The van der Waals surface area contributed by atoms with Crippen molar-refractivity contribution in [3.63, 3.8) is 0 Å². The molecule has 2 aromatic rings. The van der Waals surface area contributed by atoms with Gasteiger partial charge in [-0.25, -0.2) is 0 Å². The number of aryl methyl sites for hydroxylation is 2. The number of nitrogens with zero attached hydrogens (tertiary/aromatic N) is 4. The summed E-state index contributed by atoms with van der Waals surface area (Å²) in [5.74, 6) is 3.48. The van der Waals surface area contributed by atoms with Gasteiger partial charge in [0.25, 0.3) is 0 Å². The molecule has 574 valence electrons. The van der Waals surface area contributed by atoms with E-state index in [0.717, 1.165) is 18.1 Å². The summed E-state index contributed by atoms with van der Waals surface area (Å²) in [6, 6.07) is 17.3. The molecule has 8 heteroatoms. The van der Waals surface area contributed by atoms with Crippen molar-refractivity contribution in [3.8, 4) is 0 Å². The molecule has 0 saturated carbocycles. The highest BCUT2D eigenvalue weighted by Crippen LogP contribution is 2.58. The fraction of sp³-hybridized carbons (Fsp3) is 0.699. The molecule has 10 rings (SSSR count). The number of anilines is 2. The van der Waals surface area contributed by atoms with E-state index in [-0.39, 0.29) is 55.2 Å². The molecule has 0 radical (unpaired) electrons. The maximum Gasteiger partial charge on any atom is 0.112 e. The number of thioether (sulfide) groups is 2. The predicted octanol–water partition coefficient (Wildman–Crippen LogP) is 28.0. The Kier molecular flexibility index (Phi) is 28.1. The monoisotopic (exact) mass is 1430 g/mol. The Balaban J connectivity index is 0.000000305. The van der Waals surface area contributed by atoms with Crippen LogP contribution in [0.5, 0.6) is 0 Å². The Hall–Kier alpha value is -3.98. The third-order valence-electron chi connectivity index (χ3n) is 27.8. The molecule has 0 aromatic heterocycles. The van der Waals surface area contributed by atoms with E-state index in [9.17, 15) is 0 Å². The molecule has 0 saturated heterocycles. The summed E-state index contributed by atoms with van der Waals surface area (Å²) < 4.78 is 11.5. The number of hydrogen-bond donors (Lipinski definition) is 0. The molecule has 0 amide bonds. The summed E-state index contributed by atoms with van der Waals surface area (Å²) >= 11 is 4.01. The molecule has 8 aliphatic heterocycles. The normalized spacial score (nSPS) is 24.4. The second kappa shape index (κ2) is 31.1. The predicted molar refractivity (Wildman–Crippen MR) is 457 cm³/mol. The van der Waals surface area contributed by atoms with Crippen molar-refractivity contribution in [3.05, 3.63) is 148 Å². The van der Waals surface area contributed by atoms with E-state index in [4.69, 9.17) is 9.47 Å². The van der Waals surface area contributed by atoms with Crippen LogP contribution in [0.4, 0.5) is 11.4 Å². The summed E-state index contributed by atoms with van der Waals surface area (Å²) in [5.41, 5.74) is 25.9. The van der Waals surface area contributed by atoms with Gasteiger partial charge in [-0.05, 0) is 334 Å². The van der Waals surface area contributed by atoms with Crippen LogP contribution in [0.15, 0.2) is 137 Å². The zero-order chi connectivity index (χ0) is 79.5. The first-order valence-corrected chi connectivity index (χ1v) is 40.1. The minimum absolute atomic E-state index is 0.0405. The van der Waals surface area contributed by atoms with E-state index >= 15 is 0 Å². The second-order valence-corrected chi connectivity index (χ2v) is 42.4. The van der Waals surface area contributed by atoms with Crippen molar-refractivity contribution in [2.24, 2.45) is 27.1 Å². The molecule has 8 aliphatic rings. The molecule has 0 bridgehead atoms. The van der Waals surface area contributed by atoms with E-state index in [1.807, 2.05) is 37.4 Å². The van der Waals surface area contributed by atoms with E-state index in [2.05, 4.69) is 387 Å². The summed E-state index contributed by atoms with van der Waals surface area (Å²) in [6.07, 6.45) is 0. The molecule has 0 aliphatic carbocycles. The van der Waals surface area contributed by atoms with Gasteiger partial charge in [-0.3, -0.25) is 4.90 Å². The Labute approximate surface area is 635 Å². The van der Waals surface area contributed by atoms with Gasteiger partial charge in [0.15, 0.2) is 0 Å². The summed E-state index contributed by atoms with van der Waals surface area (Å²) in [6.45, 7) is 109. The van der Waals surface area contributed by atoms with Crippen molar-refractivity contribution >= 4 is 34.9 Å². The number of ether oxygens (including phenoxy) is 2. The van der Waals surface area contributed by atoms with Crippen LogP contribution >= 0.6 is 23.5 Å². The zero-order valence-corrected chi connectivity index (χ0v) is 76.8. The molecule has 8 heterocycles. The number of allylic oxidation sites excluding steroid dienone is 7. The number of hydrogen-bond acceptors (Lipinski definition) is 8. The molecule has 0 unspecified atom stereocenters. The SMILES string of the molecule is CC1=C(C)C(C)(C)C(C)(C)O1.CC1=C(C)C(C)(C)C(C)(C)S1.CC1=C(C)C(C)(C)CN1C.CC1=C(C)C(C)(C)CO1.CC1=C(C)C(C)(C)CS1.CC1=C(C)C(C)(C)N(C(C)(C)C)C1(C)C.CC1=C(C)C(C)(C)N(c2c(C)cccc2C)C1(C)C.CC1=C(C)C(C)(C)N(c2ccccc2)C1(C)C. The van der Waals surface area contributed by atoms with Crippen LogP contribution in [0.3, 0.4) is 0 Å². The van der Waals surface area contributed by atoms with E-state index < -0.39 is 0 Å². The van der Waals surface area contributed by atoms with Gasteiger partial charge in [0.2, 0.25) is 0 Å². The second-order valence-electron chi connectivity index (χ2n) is 39.4. The molecule has 0 atom stereocenters. The van der Waals surface area contributed by atoms with Crippen LogP contribution in [-0.2, 0) is 9.47 Å². The third kappa shape index (κ3) is 18.4. The lowest BCUT2D eigenvalue weighted by Crippen LogP contribution is -2.59. The van der Waals surface area contributed by atoms with Crippen molar-refractivity contribution in [1.29, 1.82) is 0 Å². The largest absolute Gasteiger partial charge is 0.497 e. The van der Waals surface area contributed by atoms with Crippen molar-refractivity contribution in [2.75, 3.05) is 35.8 Å². The molecule has 101 heavy (non-hydrogen) atoms. The van der Waals surface area contributed by atoms with Crippen LogP contribution in [0, 0.1) is 40.9 Å². The van der Waals surface area contributed by atoms with Gasteiger partial charge in [-0.15, -0.1) is 23.5 Å². The van der Waals surface area contributed by atoms with Crippen molar-refractivity contribution < 1.29 is 9.47 Å². The third-order valence-corrected chi connectivity index (χ3v) is 31.0. The quantitative estimate of drug-likeness (QED) is 0.275. The lowest BCUT2D eigenvalue weighted by molar-refractivity contribution is -0.00763. The van der Waals surface area contributed by atoms with Gasteiger partial charge >= 0.3 is 0 Å². The van der Waals surface area contributed by atoms with Gasteiger partial charge in [0.05, 0.1) is 40.3 Å². The number of para-hydroxylation sites is 2. The molecular weight excluding hydrogens is 1270 g/mol. The molecule has 0 N–H and O–H groups in total. The average molecular weight is 1430 g/mol. The highest BCUT2D eigenvalue weighted by Gasteiger charge is 2.53. The first-order chi connectivity index (χ1) is 44.9. The first kappa shape index (κ1) is 91.2. The molecule has 0 spiro atoms. The fourth-order valence-corrected chi connectivity index (χ4v) is 19.9. The minimum Gasteiger partial charge on any atom is -0.497 e. The maximum atomic E-state index is 5.76. The number of benzene rings is 2. The fourth-order valence-electron chi connectivity index (χ4n) is 17.0. The smallest absolute Gasteiger partial charge is 0.112 e. The van der Waals surface area contributed by atoms with Gasteiger partial charge in [-0.1, -0.05) is 128 Å². The van der Waals surface area contributed by atoms with Crippen LogP contribution in [0.25, 0.3) is 0 Å². The van der Waals surface area contributed by atoms with Gasteiger partial charge in [0, 0.05) is 79.4 Å². The topological polar surface area (TPSA) is 31.4 Å². The Morgan fingerprint density at radius 1 is 0.376 bits per heavy atom. The maximum absolute atomic E-state index is 5.76. The van der Waals surface area contributed by atoms with Crippen LogP contribution in [0.1, 0.15) is 323 Å². The number of rotatable bonds is 2. The van der Waals surface area contributed by atoms with Gasteiger partial charge in [0.1, 0.15) is 5.60 Å². The van der Waals surface area contributed by atoms with Crippen molar-refractivity contribution in [1.82, 2.24) is 9.80 Å². The summed E-state index contributed by atoms with van der Waals surface area (Å²) in [7, 11) is 2.16. The van der Waals surface area contributed by atoms with E-state index in [0.29, 0.717) is 21.0 Å². The van der Waals surface area contributed by atoms with E-state index in [1.165, 1.54) is 100 Å². The Morgan fingerprint density at radius 2 is 0.772 bits per heavy atom. The highest BCUT2D eigenvalue weighted by atomic mass is 32.2. The lowest BCUT2D eigenvalue weighted by atomic mass is 9.74. The van der Waals surface area contributed by atoms with Crippen LogP contribution < -0.4 is 9.80 Å². The average Bonchev–Trinajstić information content (AvgIpc) is 1.58. The van der Waals surface area contributed by atoms with Crippen LogP contribution in [0.2, 0.25) is 0 Å². The zero-order valence-electron chi connectivity index (χ0n) is 75.2. The minimum atomic E-state index is -0.0405. The molecule has 6 nitrogen and oxygen atoms in total. The highest BCUT2D eigenvalue weighted by molar-refractivity contribution is 8.04. The van der Waals surface area contributed by atoms with Gasteiger partial charge < -0.3 is 24.2 Å². The van der Waals surface area contributed by atoms with Crippen molar-refractivity contribution in [2.45, 2.75) is 375 Å². The Bertz CT molecular complexity index is 3390. The van der Waals surface area contributed by atoms with E-state index in [1.54, 1.807) is 11.1 Å².